The number of benzene rings is 1. The molecule has 96 valence electrons. The van der Waals surface area contributed by atoms with Crippen LogP contribution in [0.3, 0.4) is 0 Å². The van der Waals surface area contributed by atoms with E-state index < -0.39 is 5.97 Å². The van der Waals surface area contributed by atoms with E-state index in [0.717, 1.165) is 5.56 Å². The molecule has 0 amide bonds. The van der Waals surface area contributed by atoms with Crippen LogP contribution in [-0.4, -0.2) is 19.6 Å². The average Bonchev–Trinajstić information content (AvgIpc) is 2.43. The van der Waals surface area contributed by atoms with E-state index in [-0.39, 0.29) is 12.1 Å². The number of azide groups is 1. The third kappa shape index (κ3) is 5.17. The first-order chi connectivity index (χ1) is 9.17. The number of carbonyl (C=O) groups is 1. The lowest BCUT2D eigenvalue weighted by Gasteiger charge is -1.98. The van der Waals surface area contributed by atoms with Gasteiger partial charge in [0, 0.05) is 15.5 Å². The Hall–Kier alpha value is -2.41. The van der Waals surface area contributed by atoms with Crippen molar-refractivity contribution >= 4 is 17.6 Å². The SMILES string of the molecule is COC(=O)/C(=C/C#Cc1ccc(Cl)cc1)CN=[N+]=[N-]. The number of allylic oxidation sites excluding steroid dienone is 1. The highest BCUT2D eigenvalue weighted by molar-refractivity contribution is 6.30. The van der Waals surface area contributed by atoms with Crippen molar-refractivity contribution in [1.82, 2.24) is 0 Å². The maximum atomic E-state index is 11.3. The molecule has 0 bridgehead atoms. The summed E-state index contributed by atoms with van der Waals surface area (Å²) in [6, 6.07) is 6.95. The van der Waals surface area contributed by atoms with Gasteiger partial charge in [-0.2, -0.15) is 0 Å². The molecule has 0 radical (unpaired) electrons. The van der Waals surface area contributed by atoms with Gasteiger partial charge in [-0.15, -0.1) is 0 Å². The van der Waals surface area contributed by atoms with Crippen molar-refractivity contribution in [2.24, 2.45) is 5.11 Å². The van der Waals surface area contributed by atoms with E-state index in [1.165, 1.54) is 13.2 Å². The maximum Gasteiger partial charge on any atom is 0.334 e. The molecule has 0 aliphatic heterocycles. The topological polar surface area (TPSA) is 75.1 Å². The zero-order valence-electron chi connectivity index (χ0n) is 10.1. The van der Waals surface area contributed by atoms with Crippen molar-refractivity contribution in [2.75, 3.05) is 13.7 Å². The molecule has 0 N–H and O–H groups in total. The molecule has 5 nitrogen and oxygen atoms in total. The van der Waals surface area contributed by atoms with Crippen molar-refractivity contribution < 1.29 is 9.53 Å². The number of methoxy groups -OCH3 is 1. The van der Waals surface area contributed by atoms with Gasteiger partial charge in [0.25, 0.3) is 0 Å². The molecule has 1 rings (SSSR count). The molecule has 0 aliphatic rings. The fraction of sp³-hybridized carbons (Fsp3) is 0.154. The molecule has 0 saturated carbocycles. The van der Waals surface area contributed by atoms with E-state index in [1.807, 2.05) is 0 Å². The Labute approximate surface area is 115 Å². The van der Waals surface area contributed by atoms with Gasteiger partial charge >= 0.3 is 5.97 Å². The van der Waals surface area contributed by atoms with Crippen molar-refractivity contribution in [2.45, 2.75) is 0 Å². The molecule has 0 fully saturated rings. The molecule has 0 unspecified atom stereocenters. The van der Waals surface area contributed by atoms with Crippen molar-refractivity contribution in [3.8, 4) is 11.8 Å². The van der Waals surface area contributed by atoms with Gasteiger partial charge < -0.3 is 4.74 Å². The highest BCUT2D eigenvalue weighted by Gasteiger charge is 2.06. The summed E-state index contributed by atoms with van der Waals surface area (Å²) in [7, 11) is 1.25. The second kappa shape index (κ2) is 7.83. The molecule has 0 saturated heterocycles. The minimum absolute atomic E-state index is 0.0987. The summed E-state index contributed by atoms with van der Waals surface area (Å²) in [5, 5.41) is 3.93. The molecule has 1 aromatic carbocycles. The number of nitrogens with zero attached hydrogens (tertiary/aromatic N) is 3. The van der Waals surface area contributed by atoms with Crippen LogP contribution in [0.1, 0.15) is 5.56 Å². The Balaban J connectivity index is 2.88. The summed E-state index contributed by atoms with van der Waals surface area (Å²) in [6.07, 6.45) is 1.37. The number of esters is 1. The van der Waals surface area contributed by atoms with E-state index in [1.54, 1.807) is 24.3 Å². The highest BCUT2D eigenvalue weighted by atomic mass is 35.5. The third-order valence-electron chi connectivity index (χ3n) is 2.06. The first-order valence-electron chi connectivity index (χ1n) is 5.22. The van der Waals surface area contributed by atoms with Crippen molar-refractivity contribution in [3.63, 3.8) is 0 Å². The quantitative estimate of drug-likeness (QED) is 0.212. The predicted octanol–water partition coefficient (Wildman–Crippen LogP) is 3.10. The Morgan fingerprint density at radius 2 is 2.21 bits per heavy atom. The van der Waals surface area contributed by atoms with E-state index in [2.05, 4.69) is 26.6 Å². The van der Waals surface area contributed by atoms with Crippen LogP contribution >= 0.6 is 11.6 Å². The standard InChI is InChI=1S/C13H10ClN3O2/c1-19-13(18)11(9-16-17-15)4-2-3-10-5-7-12(14)8-6-10/h4-8H,9H2,1H3/b11-4+. The maximum absolute atomic E-state index is 11.3. The van der Waals surface area contributed by atoms with Crippen molar-refractivity contribution in [1.29, 1.82) is 0 Å². The molecule has 0 spiro atoms. The first-order valence-corrected chi connectivity index (χ1v) is 5.60. The lowest BCUT2D eigenvalue weighted by molar-refractivity contribution is -0.136. The Kier molecular flexibility index (Phi) is 6.04. The van der Waals surface area contributed by atoms with Crippen molar-refractivity contribution in [3.05, 3.63) is 56.9 Å². The number of rotatable bonds is 3. The molecule has 6 heteroatoms. The second-order valence-corrected chi connectivity index (χ2v) is 3.76. The average molecular weight is 276 g/mol. The minimum Gasteiger partial charge on any atom is -0.466 e. The molecule has 1 aromatic rings. The summed E-state index contributed by atoms with van der Waals surface area (Å²) in [4.78, 5) is 13.9. The van der Waals surface area contributed by atoms with Gasteiger partial charge in [-0.3, -0.25) is 0 Å². The number of hydrogen-bond acceptors (Lipinski definition) is 3. The van der Waals surface area contributed by atoms with Gasteiger partial charge in [0.1, 0.15) is 0 Å². The Morgan fingerprint density at radius 1 is 1.53 bits per heavy atom. The third-order valence-corrected chi connectivity index (χ3v) is 2.31. The van der Waals surface area contributed by atoms with Crippen LogP contribution < -0.4 is 0 Å². The van der Waals surface area contributed by atoms with Gasteiger partial charge in [-0.05, 0) is 35.9 Å². The summed E-state index contributed by atoms with van der Waals surface area (Å²) in [6.45, 7) is -0.0987. The molecule has 0 heterocycles. The van der Waals surface area contributed by atoms with E-state index >= 15 is 0 Å². The Bertz CT molecular complexity index is 591. The van der Waals surface area contributed by atoms with Gasteiger partial charge in [0.2, 0.25) is 0 Å². The summed E-state index contributed by atoms with van der Waals surface area (Å²) in [5.74, 6) is 4.96. The largest absolute Gasteiger partial charge is 0.466 e. The second-order valence-electron chi connectivity index (χ2n) is 3.33. The van der Waals surface area contributed by atoms with E-state index in [9.17, 15) is 4.79 Å². The summed E-state index contributed by atoms with van der Waals surface area (Å²) >= 11 is 5.75. The first kappa shape index (κ1) is 14.7. The number of hydrogen-bond donors (Lipinski definition) is 0. The van der Waals surface area contributed by atoms with Gasteiger partial charge in [0.15, 0.2) is 0 Å². The lowest BCUT2D eigenvalue weighted by Crippen LogP contribution is -2.06. The molecule has 19 heavy (non-hydrogen) atoms. The highest BCUT2D eigenvalue weighted by Crippen LogP contribution is 2.08. The monoisotopic (exact) mass is 275 g/mol. The minimum atomic E-state index is -0.571. The van der Waals surface area contributed by atoms with Gasteiger partial charge in [-0.25, -0.2) is 4.79 Å². The zero-order valence-corrected chi connectivity index (χ0v) is 10.9. The molecule has 0 aromatic heterocycles. The lowest BCUT2D eigenvalue weighted by atomic mass is 10.2. The van der Waals surface area contributed by atoms with Crippen LogP contribution in [0.15, 0.2) is 41.0 Å². The Morgan fingerprint density at radius 3 is 2.79 bits per heavy atom. The van der Waals surface area contributed by atoms with Gasteiger partial charge in [0.05, 0.1) is 19.2 Å². The number of carbonyl (C=O) groups excluding carboxylic acids is 1. The van der Waals surface area contributed by atoms with Crippen LogP contribution in [0.2, 0.25) is 5.02 Å². The zero-order chi connectivity index (χ0) is 14.1. The normalized spacial score (nSPS) is 9.89. The summed E-state index contributed by atoms with van der Waals surface area (Å²) in [5.41, 5.74) is 9.18. The van der Waals surface area contributed by atoms with Gasteiger partial charge in [-0.1, -0.05) is 28.6 Å². The fourth-order valence-electron chi connectivity index (χ4n) is 1.15. The van der Waals surface area contributed by atoms with Crippen LogP contribution in [0.25, 0.3) is 10.4 Å². The fourth-order valence-corrected chi connectivity index (χ4v) is 1.27. The van der Waals surface area contributed by atoms with Crippen LogP contribution in [0, 0.1) is 11.8 Å². The molecular formula is C13H10ClN3O2. The molecular weight excluding hydrogens is 266 g/mol. The molecule has 0 atom stereocenters. The van der Waals surface area contributed by atoms with E-state index in [0.29, 0.717) is 5.02 Å². The summed E-state index contributed by atoms with van der Waals surface area (Å²) < 4.78 is 4.55. The number of halogens is 1. The van der Waals surface area contributed by atoms with Crippen LogP contribution in [-0.2, 0) is 9.53 Å². The molecule has 0 aliphatic carbocycles. The smallest absolute Gasteiger partial charge is 0.334 e. The van der Waals surface area contributed by atoms with E-state index in [4.69, 9.17) is 17.1 Å². The predicted molar refractivity (Wildman–Crippen MR) is 72.4 cm³/mol. The number of ether oxygens (including phenoxy) is 1. The van der Waals surface area contributed by atoms with Crippen LogP contribution in [0.4, 0.5) is 0 Å². The van der Waals surface area contributed by atoms with Crippen LogP contribution in [0.5, 0.6) is 0 Å².